The number of benzene rings is 3. The van der Waals surface area contributed by atoms with Gasteiger partial charge in [0.25, 0.3) is 5.91 Å². The van der Waals surface area contributed by atoms with E-state index in [4.69, 9.17) is 4.74 Å². The van der Waals surface area contributed by atoms with Crippen LogP contribution in [-0.4, -0.2) is 11.6 Å². The number of amides is 1. The van der Waals surface area contributed by atoms with Crippen LogP contribution in [0.1, 0.15) is 18.1 Å². The zero-order chi connectivity index (χ0) is 25.4. The van der Waals surface area contributed by atoms with Crippen LogP contribution < -0.4 is 9.75 Å². The molecule has 1 amide bonds. The number of carbonyl (C=O) groups excluding carboxylic acids is 1. The summed E-state index contributed by atoms with van der Waals surface area (Å²) in [6, 6.07) is 13.0. The lowest BCUT2D eigenvalue weighted by Gasteiger charge is -2.15. The molecule has 0 radical (unpaired) electrons. The average molecular weight is 710 g/mol. The van der Waals surface area contributed by atoms with Gasteiger partial charge in [-0.2, -0.15) is 10.1 Å². The molecule has 0 N–H and O–H groups in total. The van der Waals surface area contributed by atoms with Gasteiger partial charge in [-0.25, -0.2) is 22.0 Å². The van der Waals surface area contributed by atoms with E-state index in [0.717, 1.165) is 12.7 Å². The molecular formula is C24H13F5I2N2O2. The molecular weight excluding hydrogens is 697 g/mol. The highest BCUT2D eigenvalue weighted by Crippen LogP contribution is 2.36. The van der Waals surface area contributed by atoms with Crippen molar-refractivity contribution >= 4 is 68.6 Å². The number of halogens is 7. The molecule has 0 bridgehead atoms. The molecule has 0 unspecified atom stereocenters. The zero-order valence-corrected chi connectivity index (χ0v) is 22.0. The number of ether oxygens (including phenoxy) is 1. The molecule has 0 aliphatic carbocycles. The van der Waals surface area contributed by atoms with Gasteiger partial charge in [0.15, 0.2) is 23.3 Å². The summed E-state index contributed by atoms with van der Waals surface area (Å²) >= 11 is 4.16. The van der Waals surface area contributed by atoms with E-state index < -0.39 is 40.7 Å². The zero-order valence-electron chi connectivity index (χ0n) is 17.7. The van der Waals surface area contributed by atoms with Crippen LogP contribution in [0.5, 0.6) is 5.75 Å². The summed E-state index contributed by atoms with van der Waals surface area (Å²) in [4.78, 5) is 13.0. The highest BCUT2D eigenvalue weighted by atomic mass is 127. The van der Waals surface area contributed by atoms with Gasteiger partial charge < -0.3 is 4.74 Å². The summed E-state index contributed by atoms with van der Waals surface area (Å²) < 4.78 is 77.1. The first-order chi connectivity index (χ1) is 16.6. The topological polar surface area (TPSA) is 41.9 Å². The lowest BCUT2D eigenvalue weighted by molar-refractivity contribution is -0.114. The smallest absolute Gasteiger partial charge is 0.280 e. The third-order valence-electron chi connectivity index (χ3n) is 5.02. The van der Waals surface area contributed by atoms with Crippen LogP contribution in [0.25, 0.3) is 6.08 Å². The Hall–Kier alpha value is -2.55. The Bertz CT molecular complexity index is 1380. The molecule has 3 aromatic rings. The van der Waals surface area contributed by atoms with Crippen molar-refractivity contribution in [1.29, 1.82) is 0 Å². The highest BCUT2D eigenvalue weighted by Gasteiger charge is 2.37. The predicted octanol–water partition coefficient (Wildman–Crippen LogP) is 6.98. The molecule has 0 fully saturated rings. The molecule has 0 atom stereocenters. The van der Waals surface area contributed by atoms with E-state index in [0.29, 0.717) is 11.3 Å². The Morgan fingerprint density at radius 2 is 1.54 bits per heavy atom. The molecule has 4 nitrogen and oxygen atoms in total. The standard InChI is InChI=1S/C24H13F5I2N2O2/c1-11-15(24(34)33(32-11)22-20(28)18(26)17(25)19(27)21(22)29)8-13-7-14(30)9-16(31)23(13)35-10-12-5-3-2-4-6-12/h2-9H,10H2,1H3/b15-8-. The van der Waals surface area contributed by atoms with Gasteiger partial charge in [-0.15, -0.1) is 0 Å². The van der Waals surface area contributed by atoms with Crippen molar-refractivity contribution in [3.63, 3.8) is 0 Å². The van der Waals surface area contributed by atoms with Crippen LogP contribution in [0.4, 0.5) is 27.6 Å². The van der Waals surface area contributed by atoms with Crippen molar-refractivity contribution in [2.45, 2.75) is 13.5 Å². The molecule has 1 heterocycles. The summed E-state index contributed by atoms with van der Waals surface area (Å²) in [5, 5.41) is 3.95. The van der Waals surface area contributed by atoms with Gasteiger partial charge in [0.2, 0.25) is 5.82 Å². The SMILES string of the molecule is CC1=NN(c2c(F)c(F)c(F)c(F)c2F)C(=O)/C1=C\c1cc(I)cc(I)c1OCc1ccccc1. The van der Waals surface area contributed by atoms with E-state index in [9.17, 15) is 26.7 Å². The van der Waals surface area contributed by atoms with E-state index in [-0.39, 0.29) is 22.9 Å². The number of carbonyl (C=O) groups is 1. The summed E-state index contributed by atoms with van der Waals surface area (Å²) in [7, 11) is 0. The van der Waals surface area contributed by atoms with Crippen LogP contribution in [-0.2, 0) is 11.4 Å². The molecule has 0 saturated heterocycles. The van der Waals surface area contributed by atoms with E-state index in [1.54, 1.807) is 6.07 Å². The maximum atomic E-state index is 14.3. The molecule has 0 aromatic heterocycles. The summed E-state index contributed by atoms with van der Waals surface area (Å²) in [6.07, 6.45) is 1.41. The average Bonchev–Trinajstić information content (AvgIpc) is 3.09. The van der Waals surface area contributed by atoms with Crippen molar-refractivity contribution < 1.29 is 31.5 Å². The van der Waals surface area contributed by atoms with Crippen molar-refractivity contribution in [3.05, 3.63) is 95.4 Å². The quantitative estimate of drug-likeness (QED) is 0.0944. The molecule has 35 heavy (non-hydrogen) atoms. The number of rotatable bonds is 5. The van der Waals surface area contributed by atoms with Crippen molar-refractivity contribution in [1.82, 2.24) is 0 Å². The maximum Gasteiger partial charge on any atom is 0.280 e. The lowest BCUT2D eigenvalue weighted by Crippen LogP contribution is -2.25. The number of hydrazone groups is 1. The molecule has 180 valence electrons. The fraction of sp³-hybridized carbons (Fsp3) is 0.0833. The number of anilines is 1. The molecule has 1 aliphatic heterocycles. The minimum Gasteiger partial charge on any atom is -0.487 e. The van der Waals surface area contributed by atoms with Crippen LogP contribution in [0.3, 0.4) is 0 Å². The first kappa shape index (κ1) is 25.5. The predicted molar refractivity (Wildman–Crippen MR) is 137 cm³/mol. The number of nitrogens with zero attached hydrogens (tertiary/aromatic N) is 2. The Morgan fingerprint density at radius 1 is 0.943 bits per heavy atom. The second-order valence-corrected chi connectivity index (χ2v) is 9.77. The normalized spacial score (nSPS) is 14.6. The van der Waals surface area contributed by atoms with Crippen LogP contribution in [0, 0.1) is 36.2 Å². The maximum absolute atomic E-state index is 14.3. The molecule has 3 aromatic carbocycles. The third kappa shape index (κ3) is 4.92. The molecule has 11 heteroatoms. The van der Waals surface area contributed by atoms with Crippen LogP contribution >= 0.6 is 45.2 Å². The molecule has 4 rings (SSSR count). The van der Waals surface area contributed by atoms with Gasteiger partial charge in [0.05, 0.1) is 14.9 Å². The van der Waals surface area contributed by atoms with E-state index in [1.165, 1.54) is 13.0 Å². The second kappa shape index (κ2) is 10.2. The third-order valence-corrected chi connectivity index (χ3v) is 6.45. The number of hydrogen-bond donors (Lipinski definition) is 0. The Morgan fingerprint density at radius 3 is 2.17 bits per heavy atom. The fourth-order valence-electron chi connectivity index (χ4n) is 3.34. The van der Waals surface area contributed by atoms with E-state index >= 15 is 0 Å². The van der Waals surface area contributed by atoms with E-state index in [1.807, 2.05) is 36.4 Å². The summed E-state index contributed by atoms with van der Waals surface area (Å²) in [5.41, 5.74) is -0.105. The van der Waals surface area contributed by atoms with E-state index in [2.05, 4.69) is 50.3 Å². The lowest BCUT2D eigenvalue weighted by atomic mass is 10.1. The van der Waals surface area contributed by atoms with Crippen molar-refractivity contribution in [2.75, 3.05) is 5.01 Å². The van der Waals surface area contributed by atoms with Gasteiger partial charge in [-0.3, -0.25) is 4.79 Å². The second-order valence-electron chi connectivity index (χ2n) is 7.36. The van der Waals surface area contributed by atoms with Crippen molar-refractivity contribution in [2.24, 2.45) is 5.10 Å². The Balaban J connectivity index is 1.74. The van der Waals surface area contributed by atoms with Crippen molar-refractivity contribution in [3.8, 4) is 5.75 Å². The molecule has 0 spiro atoms. The van der Waals surface area contributed by atoms with Crippen LogP contribution in [0.15, 0.2) is 53.1 Å². The van der Waals surface area contributed by atoms with Gasteiger partial charge in [-0.05, 0) is 75.9 Å². The Kier molecular flexibility index (Phi) is 7.45. The minimum atomic E-state index is -2.32. The Labute approximate surface area is 223 Å². The fourth-order valence-corrected chi connectivity index (χ4v) is 5.39. The highest BCUT2D eigenvalue weighted by molar-refractivity contribution is 14.1. The van der Waals surface area contributed by atoms with Gasteiger partial charge in [0.1, 0.15) is 18.0 Å². The monoisotopic (exact) mass is 710 g/mol. The molecule has 1 aliphatic rings. The van der Waals surface area contributed by atoms with Gasteiger partial charge >= 0.3 is 0 Å². The van der Waals surface area contributed by atoms with Gasteiger partial charge in [0, 0.05) is 9.13 Å². The molecule has 0 saturated carbocycles. The summed E-state index contributed by atoms with van der Waals surface area (Å²) in [6.45, 7) is 1.63. The largest absolute Gasteiger partial charge is 0.487 e. The first-order valence-electron chi connectivity index (χ1n) is 9.89. The first-order valence-corrected chi connectivity index (χ1v) is 12.0. The van der Waals surface area contributed by atoms with Crippen LogP contribution in [0.2, 0.25) is 0 Å². The number of hydrogen-bond acceptors (Lipinski definition) is 3. The summed E-state index contributed by atoms with van der Waals surface area (Å²) in [5.74, 6) is -11.5. The minimum absolute atomic E-state index is 0.0295. The van der Waals surface area contributed by atoms with Gasteiger partial charge in [-0.1, -0.05) is 30.3 Å².